The summed E-state index contributed by atoms with van der Waals surface area (Å²) in [5.41, 5.74) is 5.37. The van der Waals surface area contributed by atoms with Crippen LogP contribution in [-0.2, 0) is 32.6 Å². The molecule has 3 amide bonds. The second-order valence-electron chi connectivity index (χ2n) is 16.6. The summed E-state index contributed by atoms with van der Waals surface area (Å²) in [6.07, 6.45) is 3.72. The van der Waals surface area contributed by atoms with Crippen LogP contribution in [0.5, 0.6) is 23.0 Å². The van der Waals surface area contributed by atoms with Crippen molar-refractivity contribution in [1.29, 1.82) is 0 Å². The maximum Gasteiger partial charge on any atom is 0.255 e. The van der Waals surface area contributed by atoms with Gasteiger partial charge in [0.15, 0.2) is 9.84 Å². The molecule has 9 rings (SSSR count). The molecule has 0 radical (unpaired) electrons. The highest BCUT2D eigenvalue weighted by Gasteiger charge is 2.39. The van der Waals surface area contributed by atoms with E-state index in [1.807, 2.05) is 97.1 Å². The van der Waals surface area contributed by atoms with E-state index in [0.717, 1.165) is 95.8 Å². The van der Waals surface area contributed by atoms with Gasteiger partial charge in [-0.2, -0.15) is 0 Å². The Labute approximate surface area is 373 Å². The number of rotatable bonds is 15. The number of sulfone groups is 1. The Hall–Kier alpha value is -6.70. The summed E-state index contributed by atoms with van der Waals surface area (Å²) >= 11 is 0. The number of fused-ring (bicyclic) bond motifs is 2. The van der Waals surface area contributed by atoms with Gasteiger partial charge in [0, 0.05) is 67.6 Å². The van der Waals surface area contributed by atoms with Gasteiger partial charge < -0.3 is 24.0 Å². The molecule has 1 atom stereocenters. The number of piperazine rings is 1. The van der Waals surface area contributed by atoms with Gasteiger partial charge in [-0.25, -0.2) is 8.42 Å². The lowest BCUT2D eigenvalue weighted by molar-refractivity contribution is -0.136. The molecule has 328 valence electrons. The molecule has 0 bridgehead atoms. The average molecular weight is 879 g/mol. The number of hydrogen-bond acceptors (Lipinski definition) is 10. The number of carbonyl (C=O) groups is 3. The third kappa shape index (κ3) is 9.60. The van der Waals surface area contributed by atoms with Gasteiger partial charge in [-0.15, -0.1) is 0 Å². The van der Waals surface area contributed by atoms with Crippen LogP contribution < -0.4 is 24.4 Å². The molecule has 0 aromatic heterocycles. The Bertz CT molecular complexity index is 2790. The Kier molecular flexibility index (Phi) is 12.4. The van der Waals surface area contributed by atoms with E-state index in [1.54, 1.807) is 29.2 Å². The number of imide groups is 1. The predicted octanol–water partition coefficient (Wildman–Crippen LogP) is 8.02. The molecule has 0 spiro atoms. The molecule has 0 aliphatic carbocycles. The third-order valence-corrected chi connectivity index (χ3v) is 13.3. The molecule has 1 N–H and O–H groups in total. The van der Waals surface area contributed by atoms with Gasteiger partial charge in [0.05, 0.1) is 11.5 Å². The molecule has 3 aliphatic rings. The van der Waals surface area contributed by atoms with Crippen molar-refractivity contribution >= 4 is 44.0 Å². The van der Waals surface area contributed by atoms with Crippen molar-refractivity contribution in [2.45, 2.75) is 49.8 Å². The van der Waals surface area contributed by atoms with Crippen LogP contribution in [0.4, 0.5) is 5.69 Å². The fourth-order valence-corrected chi connectivity index (χ4v) is 9.30. The largest absolute Gasteiger partial charge is 0.494 e. The summed E-state index contributed by atoms with van der Waals surface area (Å²) in [5.74, 6) is 1.95. The number of anilines is 1. The van der Waals surface area contributed by atoms with Crippen molar-refractivity contribution in [2.24, 2.45) is 0 Å². The summed E-state index contributed by atoms with van der Waals surface area (Å²) in [7, 11) is -3.35. The monoisotopic (exact) mass is 878 g/mol. The van der Waals surface area contributed by atoms with Crippen LogP contribution in [0.1, 0.15) is 47.2 Å². The smallest absolute Gasteiger partial charge is 0.255 e. The SMILES string of the molecule is CS(=O)(=O)c1ccc(-c2ccc3cc(OCc4ccccc4)ccc3c2Oc2ccc(OCCCCN3CCN(c4ccc5c(c4)CN(C4CCC(=O)NC4=O)C5=O)CC3)cc2)cc1. The standard InChI is InChI=1S/C51H50N4O8S/c1-64(59,60)43-18-9-36(10-19-43)44-20-11-37-32-42(62-34-35-7-3-2-4-8-35)17-22-45(37)49(44)63-41-15-13-40(14-16-41)61-30-6-5-25-53-26-28-54(29-27-53)39-12-21-46-38(31-39)33-55(51(46)58)47-23-24-48(56)52-50(47)57/h2-4,7-22,31-32,47H,5-6,23-30,33-34H2,1H3,(H,52,56,57). The number of benzene rings is 6. The van der Waals surface area contributed by atoms with Crippen molar-refractivity contribution in [1.82, 2.24) is 15.1 Å². The molecule has 2 fully saturated rings. The Morgan fingerprint density at radius 1 is 0.719 bits per heavy atom. The first kappa shape index (κ1) is 42.6. The topological polar surface area (TPSA) is 135 Å². The van der Waals surface area contributed by atoms with Gasteiger partial charge >= 0.3 is 0 Å². The Morgan fingerprint density at radius 2 is 1.45 bits per heavy atom. The number of unbranched alkanes of at least 4 members (excludes halogenated alkanes) is 1. The zero-order valence-corrected chi connectivity index (χ0v) is 36.5. The molecule has 6 aromatic carbocycles. The number of hydrogen-bond donors (Lipinski definition) is 1. The van der Waals surface area contributed by atoms with Gasteiger partial charge in [0.2, 0.25) is 11.8 Å². The van der Waals surface area contributed by atoms with Crippen LogP contribution in [0.2, 0.25) is 0 Å². The normalized spacial score (nSPS) is 16.8. The van der Waals surface area contributed by atoms with E-state index < -0.39 is 21.8 Å². The van der Waals surface area contributed by atoms with Crippen molar-refractivity contribution in [3.8, 4) is 34.1 Å². The predicted molar refractivity (Wildman–Crippen MR) is 246 cm³/mol. The van der Waals surface area contributed by atoms with E-state index in [2.05, 4.69) is 21.2 Å². The van der Waals surface area contributed by atoms with Crippen molar-refractivity contribution in [3.05, 3.63) is 144 Å². The molecule has 12 nitrogen and oxygen atoms in total. The first-order valence-electron chi connectivity index (χ1n) is 21.8. The van der Waals surface area contributed by atoms with Crippen LogP contribution in [0.15, 0.2) is 132 Å². The van der Waals surface area contributed by atoms with Crippen LogP contribution in [0, 0.1) is 0 Å². The van der Waals surface area contributed by atoms with E-state index in [1.165, 1.54) is 6.26 Å². The van der Waals surface area contributed by atoms with Crippen LogP contribution in [-0.4, -0.2) is 87.6 Å². The number of ether oxygens (including phenoxy) is 3. The van der Waals surface area contributed by atoms with E-state index in [-0.39, 0.29) is 23.1 Å². The summed E-state index contributed by atoms with van der Waals surface area (Å²) < 4.78 is 43.3. The van der Waals surface area contributed by atoms with Gasteiger partial charge in [-0.1, -0.05) is 48.5 Å². The lowest BCUT2D eigenvalue weighted by Gasteiger charge is -2.36. The lowest BCUT2D eigenvalue weighted by atomic mass is 9.99. The first-order valence-corrected chi connectivity index (χ1v) is 23.6. The molecule has 6 aromatic rings. The summed E-state index contributed by atoms with van der Waals surface area (Å²) in [6.45, 7) is 6.05. The zero-order valence-electron chi connectivity index (χ0n) is 35.7. The van der Waals surface area contributed by atoms with Gasteiger partial charge in [0.1, 0.15) is 35.6 Å². The molecule has 3 aliphatic heterocycles. The summed E-state index contributed by atoms with van der Waals surface area (Å²) in [6, 6.07) is 39.8. The molecule has 0 saturated carbocycles. The number of amides is 3. The molecular weight excluding hydrogens is 829 g/mol. The van der Waals surface area contributed by atoms with Crippen molar-refractivity contribution in [3.63, 3.8) is 0 Å². The highest BCUT2D eigenvalue weighted by atomic mass is 32.2. The molecule has 2 saturated heterocycles. The number of nitrogens with zero attached hydrogens (tertiary/aromatic N) is 3. The molecule has 1 unspecified atom stereocenters. The van der Waals surface area contributed by atoms with E-state index in [9.17, 15) is 22.8 Å². The third-order valence-electron chi connectivity index (χ3n) is 12.2. The second-order valence-corrected chi connectivity index (χ2v) is 18.6. The fourth-order valence-electron chi connectivity index (χ4n) is 8.67. The van der Waals surface area contributed by atoms with Gasteiger partial charge in [-0.3, -0.25) is 24.6 Å². The summed E-state index contributed by atoms with van der Waals surface area (Å²) in [4.78, 5) is 43.9. The van der Waals surface area contributed by atoms with E-state index in [0.29, 0.717) is 43.2 Å². The number of nitrogens with one attached hydrogen (secondary N) is 1. The average Bonchev–Trinajstić information content (AvgIpc) is 3.63. The lowest BCUT2D eigenvalue weighted by Crippen LogP contribution is -2.52. The fraction of sp³-hybridized carbons (Fsp3) is 0.275. The molecular formula is C51H50N4O8S. The number of piperidine rings is 1. The van der Waals surface area contributed by atoms with Crippen LogP contribution in [0.25, 0.3) is 21.9 Å². The maximum absolute atomic E-state index is 13.1. The van der Waals surface area contributed by atoms with Crippen LogP contribution in [0.3, 0.4) is 0 Å². The quantitative estimate of drug-likeness (QED) is 0.0799. The number of carbonyl (C=O) groups excluding carboxylic acids is 3. The Balaban J connectivity index is 0.771. The Morgan fingerprint density at radius 3 is 2.20 bits per heavy atom. The van der Waals surface area contributed by atoms with Gasteiger partial charge in [0.25, 0.3) is 5.91 Å². The molecule has 3 heterocycles. The van der Waals surface area contributed by atoms with Crippen LogP contribution >= 0.6 is 0 Å². The maximum atomic E-state index is 13.1. The molecule has 64 heavy (non-hydrogen) atoms. The second kappa shape index (κ2) is 18.6. The van der Waals surface area contributed by atoms with E-state index in [4.69, 9.17) is 14.2 Å². The molecule has 13 heteroatoms. The minimum Gasteiger partial charge on any atom is -0.494 e. The van der Waals surface area contributed by atoms with Gasteiger partial charge in [-0.05, 0) is 127 Å². The first-order chi connectivity index (χ1) is 31.1. The van der Waals surface area contributed by atoms with E-state index >= 15 is 0 Å². The van der Waals surface area contributed by atoms with Crippen molar-refractivity contribution < 1.29 is 37.0 Å². The highest BCUT2D eigenvalue weighted by molar-refractivity contribution is 7.90. The summed E-state index contributed by atoms with van der Waals surface area (Å²) in [5, 5.41) is 4.20. The minimum absolute atomic E-state index is 0.151. The minimum atomic E-state index is -3.35. The zero-order chi connectivity index (χ0) is 44.2. The van der Waals surface area contributed by atoms with Crippen molar-refractivity contribution in [2.75, 3.05) is 50.5 Å². The highest BCUT2D eigenvalue weighted by Crippen LogP contribution is 2.41.